The van der Waals surface area contributed by atoms with Gasteiger partial charge in [-0.05, 0) is 47.9 Å². The van der Waals surface area contributed by atoms with Crippen LogP contribution >= 0.6 is 0 Å². The van der Waals surface area contributed by atoms with Crippen LogP contribution in [-0.2, 0) is 16.6 Å². The Hall–Kier alpha value is -2.02. The Balaban J connectivity index is 1.92. The molecule has 3 aliphatic rings. The van der Waals surface area contributed by atoms with Gasteiger partial charge in [0.25, 0.3) is 0 Å². The van der Waals surface area contributed by atoms with Crippen molar-refractivity contribution in [2.24, 2.45) is 11.8 Å². The molecule has 1 aromatic carbocycles. The minimum atomic E-state index is -0.102. The Morgan fingerprint density at radius 2 is 2.22 bits per heavy atom. The average molecular weight is 310 g/mol. The summed E-state index contributed by atoms with van der Waals surface area (Å²) >= 11 is 0. The van der Waals surface area contributed by atoms with Crippen molar-refractivity contribution >= 4 is 5.78 Å². The maximum Gasteiger partial charge on any atom is 0.179 e. The number of Topliss-reactive ketones (excluding diaryl/α,β-unsaturated/α-hetero) is 1. The van der Waals surface area contributed by atoms with Gasteiger partial charge >= 0.3 is 0 Å². The molecule has 23 heavy (non-hydrogen) atoms. The van der Waals surface area contributed by atoms with Gasteiger partial charge in [-0.25, -0.2) is 0 Å². The fourth-order valence-electron chi connectivity index (χ4n) is 5.57. The largest absolute Gasteiger partial charge is 0.497 e. The van der Waals surface area contributed by atoms with Gasteiger partial charge in [-0.2, -0.15) is 5.26 Å². The Kier molecular flexibility index (Phi) is 3.16. The minimum Gasteiger partial charge on any atom is -0.497 e. The number of piperidine rings is 1. The molecule has 1 aromatic rings. The highest BCUT2D eigenvalue weighted by Crippen LogP contribution is 2.57. The van der Waals surface area contributed by atoms with E-state index in [-0.39, 0.29) is 11.5 Å². The molecule has 2 bridgehead atoms. The molecule has 0 unspecified atom stereocenters. The topological polar surface area (TPSA) is 53.3 Å². The highest BCUT2D eigenvalue weighted by molar-refractivity contribution is 5.82. The molecule has 0 aromatic heterocycles. The lowest BCUT2D eigenvalue weighted by molar-refractivity contribution is -0.129. The van der Waals surface area contributed by atoms with Gasteiger partial charge < -0.3 is 9.64 Å². The van der Waals surface area contributed by atoms with Gasteiger partial charge in [0.15, 0.2) is 6.19 Å². The monoisotopic (exact) mass is 310 g/mol. The lowest BCUT2D eigenvalue weighted by Gasteiger charge is -2.59. The molecule has 4 heteroatoms. The lowest BCUT2D eigenvalue weighted by Crippen LogP contribution is -2.63. The first-order valence-electron chi connectivity index (χ1n) is 8.44. The molecule has 1 aliphatic heterocycles. The highest BCUT2D eigenvalue weighted by Gasteiger charge is 2.58. The van der Waals surface area contributed by atoms with E-state index in [1.54, 1.807) is 7.11 Å². The van der Waals surface area contributed by atoms with Crippen molar-refractivity contribution in [3.05, 3.63) is 29.3 Å². The van der Waals surface area contributed by atoms with E-state index in [2.05, 4.69) is 25.2 Å². The number of rotatable bonds is 1. The number of ketones is 1. The highest BCUT2D eigenvalue weighted by atomic mass is 16.5. The number of likely N-dealkylation sites (tertiary alicyclic amines) is 1. The summed E-state index contributed by atoms with van der Waals surface area (Å²) in [5, 5.41) is 9.55. The third-order valence-electron chi connectivity index (χ3n) is 6.34. The predicted molar refractivity (Wildman–Crippen MR) is 86.0 cm³/mol. The van der Waals surface area contributed by atoms with Crippen molar-refractivity contribution in [2.45, 2.75) is 44.1 Å². The summed E-state index contributed by atoms with van der Waals surface area (Å²) in [6.07, 6.45) is 5.46. The molecule has 2 aliphatic carbocycles. The number of methoxy groups -OCH3 is 1. The van der Waals surface area contributed by atoms with E-state index < -0.39 is 0 Å². The van der Waals surface area contributed by atoms with E-state index in [0.29, 0.717) is 30.5 Å². The summed E-state index contributed by atoms with van der Waals surface area (Å²) in [6.45, 7) is 2.95. The molecule has 120 valence electrons. The zero-order valence-corrected chi connectivity index (χ0v) is 13.7. The fourth-order valence-corrected chi connectivity index (χ4v) is 5.57. The number of nitriles is 1. The van der Waals surface area contributed by atoms with E-state index in [4.69, 9.17) is 4.74 Å². The molecule has 1 saturated heterocycles. The standard InChI is InChI=1S/C19H22N2O2/c1-12-7-14(22)10-19-5-6-21(11-20)17(18(12)19)8-13-3-4-15(23-2)9-16(13)19/h3-4,9,12,17-18H,5-8,10H2,1-2H3/t12-,17-,18+,19-/m1/s1. The van der Waals surface area contributed by atoms with E-state index in [1.807, 2.05) is 11.0 Å². The quantitative estimate of drug-likeness (QED) is 0.748. The van der Waals surface area contributed by atoms with Crippen LogP contribution in [0.25, 0.3) is 0 Å². The average Bonchev–Trinajstić information content (AvgIpc) is 2.54. The molecular weight excluding hydrogens is 288 g/mol. The summed E-state index contributed by atoms with van der Waals surface area (Å²) < 4.78 is 5.44. The molecular formula is C19H22N2O2. The number of benzene rings is 1. The van der Waals surface area contributed by atoms with Gasteiger partial charge in [-0.1, -0.05) is 13.0 Å². The van der Waals surface area contributed by atoms with Crippen LogP contribution in [0.4, 0.5) is 0 Å². The second-order valence-electron chi connectivity index (χ2n) is 7.42. The first-order valence-corrected chi connectivity index (χ1v) is 8.44. The normalized spacial score (nSPS) is 35.1. The van der Waals surface area contributed by atoms with E-state index in [9.17, 15) is 10.1 Å². The predicted octanol–water partition coefficient (Wildman–Crippen LogP) is 2.66. The molecule has 1 heterocycles. The summed E-state index contributed by atoms with van der Waals surface area (Å²) in [5.74, 6) is 1.95. The fraction of sp³-hybridized carbons (Fsp3) is 0.579. The lowest BCUT2D eigenvalue weighted by atomic mass is 9.49. The first kappa shape index (κ1) is 14.6. The van der Waals surface area contributed by atoms with Crippen LogP contribution in [0.15, 0.2) is 18.2 Å². The molecule has 1 saturated carbocycles. The van der Waals surface area contributed by atoms with Crippen LogP contribution in [0, 0.1) is 23.3 Å². The SMILES string of the molecule is COc1ccc2c(c1)[C@]13CCN(C#N)[C@H](C2)[C@@H]1[C@H](C)CC(=O)C3. The second-order valence-corrected chi connectivity index (χ2v) is 7.42. The van der Waals surface area contributed by atoms with Gasteiger partial charge in [-0.3, -0.25) is 4.79 Å². The first-order chi connectivity index (χ1) is 11.1. The smallest absolute Gasteiger partial charge is 0.179 e. The number of carbonyl (C=O) groups is 1. The van der Waals surface area contributed by atoms with Crippen LogP contribution in [0.2, 0.25) is 0 Å². The van der Waals surface area contributed by atoms with Crippen molar-refractivity contribution in [1.82, 2.24) is 4.90 Å². The van der Waals surface area contributed by atoms with Crippen molar-refractivity contribution in [3.8, 4) is 11.9 Å². The number of hydrogen-bond acceptors (Lipinski definition) is 4. The molecule has 0 N–H and O–H groups in total. The Bertz CT molecular complexity index is 708. The summed E-state index contributed by atoms with van der Waals surface area (Å²) in [4.78, 5) is 14.4. The Labute approximate surface area is 137 Å². The molecule has 4 nitrogen and oxygen atoms in total. The summed E-state index contributed by atoms with van der Waals surface area (Å²) in [7, 11) is 1.69. The van der Waals surface area contributed by atoms with Crippen molar-refractivity contribution in [2.75, 3.05) is 13.7 Å². The third kappa shape index (κ3) is 1.92. The van der Waals surface area contributed by atoms with Gasteiger partial charge in [0.1, 0.15) is 11.5 Å². The Morgan fingerprint density at radius 3 is 2.96 bits per heavy atom. The summed E-state index contributed by atoms with van der Waals surface area (Å²) in [6, 6.07) is 6.50. The van der Waals surface area contributed by atoms with Crippen molar-refractivity contribution < 1.29 is 9.53 Å². The van der Waals surface area contributed by atoms with Crippen molar-refractivity contribution in [3.63, 3.8) is 0 Å². The number of fused-ring (bicyclic) bond motifs is 1. The van der Waals surface area contributed by atoms with Crippen molar-refractivity contribution in [1.29, 1.82) is 5.26 Å². The summed E-state index contributed by atoms with van der Waals surface area (Å²) in [5.41, 5.74) is 2.49. The number of carbonyl (C=O) groups excluding carboxylic acids is 1. The molecule has 4 atom stereocenters. The maximum atomic E-state index is 12.4. The van der Waals surface area contributed by atoms with E-state index in [1.165, 1.54) is 11.1 Å². The maximum absolute atomic E-state index is 12.4. The zero-order chi connectivity index (χ0) is 16.2. The van der Waals surface area contributed by atoms with Gasteiger partial charge in [-0.15, -0.1) is 0 Å². The molecule has 0 spiro atoms. The molecule has 2 fully saturated rings. The van der Waals surface area contributed by atoms with Crippen LogP contribution in [0.1, 0.15) is 37.3 Å². The van der Waals surface area contributed by atoms with E-state index in [0.717, 1.165) is 25.1 Å². The molecule has 0 radical (unpaired) electrons. The van der Waals surface area contributed by atoms with Crippen LogP contribution in [-0.4, -0.2) is 30.4 Å². The third-order valence-corrected chi connectivity index (χ3v) is 6.34. The molecule has 0 amide bonds. The number of ether oxygens (including phenoxy) is 1. The van der Waals surface area contributed by atoms with Crippen LogP contribution in [0.3, 0.4) is 0 Å². The second kappa shape index (κ2) is 4.99. The minimum absolute atomic E-state index is 0.102. The molecule has 4 rings (SSSR count). The van der Waals surface area contributed by atoms with Gasteiger partial charge in [0.05, 0.1) is 7.11 Å². The van der Waals surface area contributed by atoms with Crippen LogP contribution < -0.4 is 4.74 Å². The van der Waals surface area contributed by atoms with Gasteiger partial charge in [0.2, 0.25) is 0 Å². The van der Waals surface area contributed by atoms with E-state index >= 15 is 0 Å². The van der Waals surface area contributed by atoms with Crippen LogP contribution in [0.5, 0.6) is 5.75 Å². The number of nitrogens with zero attached hydrogens (tertiary/aromatic N) is 2. The zero-order valence-electron chi connectivity index (χ0n) is 13.7. The van der Waals surface area contributed by atoms with Gasteiger partial charge in [0, 0.05) is 30.8 Å². The number of hydrogen-bond donors (Lipinski definition) is 0. The Morgan fingerprint density at radius 1 is 1.39 bits per heavy atom.